The summed E-state index contributed by atoms with van der Waals surface area (Å²) < 4.78 is 0. The Bertz CT molecular complexity index is 559. The van der Waals surface area contributed by atoms with Crippen molar-refractivity contribution in [2.75, 3.05) is 18.1 Å². The molecule has 3 heterocycles. The molecule has 1 atom stereocenters. The Morgan fingerprint density at radius 3 is 2.94 bits per heavy atom. The molecule has 3 nitrogen and oxygen atoms in total. The summed E-state index contributed by atoms with van der Waals surface area (Å²) in [5.41, 5.74) is 0. The summed E-state index contributed by atoms with van der Waals surface area (Å²) in [6.07, 6.45) is 3.85. The van der Waals surface area contributed by atoms with Crippen molar-refractivity contribution in [3.8, 4) is 0 Å². The van der Waals surface area contributed by atoms with E-state index in [2.05, 4.69) is 18.3 Å². The van der Waals surface area contributed by atoms with Gasteiger partial charge in [-0.1, -0.05) is 6.42 Å². The van der Waals surface area contributed by atoms with Crippen LogP contribution in [0, 0.1) is 6.92 Å². The molecule has 0 aliphatic carbocycles. The summed E-state index contributed by atoms with van der Waals surface area (Å²) in [7, 11) is 1.94. The molecule has 0 aromatic carbocycles. The van der Waals surface area contributed by atoms with Gasteiger partial charge >= 0.3 is 0 Å². The molecule has 96 valence electrons. The summed E-state index contributed by atoms with van der Waals surface area (Å²) in [5.74, 6) is 3.23. The Kier molecular flexibility index (Phi) is 3.43. The van der Waals surface area contributed by atoms with Gasteiger partial charge in [-0.15, -0.1) is 11.3 Å². The fraction of sp³-hybridized carbons (Fsp3) is 0.538. The van der Waals surface area contributed by atoms with Gasteiger partial charge in [0.25, 0.3) is 0 Å². The third kappa shape index (κ3) is 2.21. The smallest absolute Gasteiger partial charge is 0.145 e. The first-order valence-corrected chi connectivity index (χ1v) is 8.22. The predicted molar refractivity (Wildman–Crippen MR) is 80.7 cm³/mol. The molecule has 0 bridgehead atoms. The number of thiophene rings is 1. The highest BCUT2D eigenvalue weighted by molar-refractivity contribution is 7.99. The highest BCUT2D eigenvalue weighted by atomic mass is 32.2. The molecular weight excluding hydrogens is 262 g/mol. The van der Waals surface area contributed by atoms with E-state index in [-0.39, 0.29) is 0 Å². The van der Waals surface area contributed by atoms with E-state index < -0.39 is 0 Å². The van der Waals surface area contributed by atoms with Crippen molar-refractivity contribution in [3.63, 3.8) is 0 Å². The van der Waals surface area contributed by atoms with Crippen LogP contribution in [0.4, 0.5) is 5.82 Å². The normalized spacial score (nSPS) is 20.2. The van der Waals surface area contributed by atoms with E-state index in [1.165, 1.54) is 29.9 Å². The molecule has 0 saturated carbocycles. The van der Waals surface area contributed by atoms with Crippen LogP contribution < -0.4 is 5.32 Å². The predicted octanol–water partition coefficient (Wildman–Crippen LogP) is 4.00. The van der Waals surface area contributed by atoms with E-state index in [1.54, 1.807) is 11.3 Å². The van der Waals surface area contributed by atoms with Crippen LogP contribution in [0.1, 0.15) is 35.2 Å². The summed E-state index contributed by atoms with van der Waals surface area (Å²) >= 11 is 3.76. The maximum Gasteiger partial charge on any atom is 0.145 e. The van der Waals surface area contributed by atoms with Crippen LogP contribution in [-0.2, 0) is 0 Å². The first-order chi connectivity index (χ1) is 8.78. The van der Waals surface area contributed by atoms with Crippen molar-refractivity contribution >= 4 is 39.1 Å². The van der Waals surface area contributed by atoms with Crippen molar-refractivity contribution in [3.05, 3.63) is 16.8 Å². The molecule has 1 aliphatic heterocycles. The van der Waals surface area contributed by atoms with Crippen LogP contribution in [0.15, 0.2) is 6.07 Å². The molecule has 1 N–H and O–H groups in total. The summed E-state index contributed by atoms with van der Waals surface area (Å²) in [5, 5.41) is 4.85. The molecule has 1 saturated heterocycles. The SMILES string of the molecule is CNc1nc(C2CCCCS2)nc2sc(C)cc12. The number of rotatable bonds is 2. The number of hydrogen-bond donors (Lipinski definition) is 1. The fourth-order valence-electron chi connectivity index (χ4n) is 2.34. The number of hydrogen-bond acceptors (Lipinski definition) is 5. The average molecular weight is 279 g/mol. The molecule has 2 aromatic heterocycles. The number of aromatic nitrogens is 2. The van der Waals surface area contributed by atoms with Gasteiger partial charge in [-0.3, -0.25) is 0 Å². The number of anilines is 1. The van der Waals surface area contributed by atoms with Crippen LogP contribution in [0.25, 0.3) is 10.2 Å². The average Bonchev–Trinajstić information content (AvgIpc) is 2.78. The van der Waals surface area contributed by atoms with Crippen molar-refractivity contribution < 1.29 is 0 Å². The number of nitrogens with one attached hydrogen (secondary N) is 1. The Morgan fingerprint density at radius 1 is 1.33 bits per heavy atom. The van der Waals surface area contributed by atoms with Gasteiger partial charge in [-0.05, 0) is 31.6 Å². The van der Waals surface area contributed by atoms with Crippen molar-refractivity contribution in [2.24, 2.45) is 0 Å². The lowest BCUT2D eigenvalue weighted by atomic mass is 10.2. The van der Waals surface area contributed by atoms with Crippen LogP contribution in [0.5, 0.6) is 0 Å². The number of nitrogens with zero attached hydrogens (tertiary/aromatic N) is 2. The number of fused-ring (bicyclic) bond motifs is 1. The van der Waals surface area contributed by atoms with Crippen LogP contribution >= 0.6 is 23.1 Å². The van der Waals surface area contributed by atoms with E-state index in [0.717, 1.165) is 21.9 Å². The van der Waals surface area contributed by atoms with Crippen molar-refractivity contribution in [1.29, 1.82) is 0 Å². The molecule has 0 radical (unpaired) electrons. The Labute approximate surface area is 115 Å². The minimum atomic E-state index is 0.484. The third-order valence-electron chi connectivity index (χ3n) is 3.24. The zero-order valence-electron chi connectivity index (χ0n) is 10.7. The number of thioether (sulfide) groups is 1. The fourth-order valence-corrected chi connectivity index (χ4v) is 4.47. The molecule has 5 heteroatoms. The van der Waals surface area contributed by atoms with Crippen LogP contribution in [0.3, 0.4) is 0 Å². The molecule has 1 fully saturated rings. The summed E-state index contributed by atoms with van der Waals surface area (Å²) in [6, 6.07) is 2.17. The van der Waals surface area contributed by atoms with Crippen molar-refractivity contribution in [2.45, 2.75) is 31.4 Å². The van der Waals surface area contributed by atoms with E-state index >= 15 is 0 Å². The molecule has 18 heavy (non-hydrogen) atoms. The molecule has 1 unspecified atom stereocenters. The Morgan fingerprint density at radius 2 is 2.22 bits per heavy atom. The molecule has 3 rings (SSSR count). The van der Waals surface area contributed by atoms with Gasteiger partial charge in [-0.25, -0.2) is 9.97 Å². The lowest BCUT2D eigenvalue weighted by Crippen LogP contribution is -2.08. The zero-order valence-corrected chi connectivity index (χ0v) is 12.3. The minimum absolute atomic E-state index is 0.484. The third-order valence-corrected chi connectivity index (χ3v) is 5.56. The lowest BCUT2D eigenvalue weighted by molar-refractivity contribution is 0.665. The Balaban J connectivity index is 2.06. The lowest BCUT2D eigenvalue weighted by Gasteiger charge is -2.20. The minimum Gasteiger partial charge on any atom is -0.372 e. The Hall–Kier alpha value is -0.810. The largest absolute Gasteiger partial charge is 0.372 e. The van der Waals surface area contributed by atoms with Gasteiger partial charge in [-0.2, -0.15) is 11.8 Å². The van der Waals surface area contributed by atoms with Gasteiger partial charge in [0.2, 0.25) is 0 Å². The maximum atomic E-state index is 4.77. The summed E-state index contributed by atoms with van der Waals surface area (Å²) in [6.45, 7) is 2.13. The van der Waals surface area contributed by atoms with E-state index in [1.807, 2.05) is 18.8 Å². The monoisotopic (exact) mass is 279 g/mol. The number of aryl methyl sites for hydroxylation is 1. The van der Waals surface area contributed by atoms with Crippen LogP contribution in [-0.4, -0.2) is 22.8 Å². The van der Waals surface area contributed by atoms with Gasteiger partial charge in [0.05, 0.1) is 10.6 Å². The zero-order chi connectivity index (χ0) is 12.5. The highest BCUT2D eigenvalue weighted by Gasteiger charge is 2.20. The second kappa shape index (κ2) is 5.05. The van der Waals surface area contributed by atoms with Gasteiger partial charge in [0, 0.05) is 11.9 Å². The second-order valence-corrected chi connectivity index (χ2v) is 7.16. The first-order valence-electron chi connectivity index (χ1n) is 6.35. The quantitative estimate of drug-likeness (QED) is 0.901. The van der Waals surface area contributed by atoms with E-state index in [0.29, 0.717) is 5.25 Å². The van der Waals surface area contributed by atoms with Crippen LogP contribution in [0.2, 0.25) is 0 Å². The standard InChI is InChI=1S/C13H17N3S2/c1-8-7-9-11(14-2)15-12(16-13(9)18-8)10-5-3-4-6-17-10/h7,10H,3-6H2,1-2H3,(H,14,15,16). The van der Waals surface area contributed by atoms with E-state index in [9.17, 15) is 0 Å². The van der Waals surface area contributed by atoms with Gasteiger partial charge in [0.15, 0.2) is 0 Å². The van der Waals surface area contributed by atoms with Gasteiger partial charge in [0.1, 0.15) is 16.5 Å². The maximum absolute atomic E-state index is 4.77. The van der Waals surface area contributed by atoms with Gasteiger partial charge < -0.3 is 5.32 Å². The van der Waals surface area contributed by atoms with E-state index in [4.69, 9.17) is 9.97 Å². The first kappa shape index (κ1) is 12.2. The highest BCUT2D eigenvalue weighted by Crippen LogP contribution is 2.38. The topological polar surface area (TPSA) is 37.8 Å². The molecule has 0 amide bonds. The second-order valence-electron chi connectivity index (χ2n) is 4.61. The molecule has 1 aliphatic rings. The molecule has 2 aromatic rings. The molecule has 0 spiro atoms. The molecular formula is C13H17N3S2. The van der Waals surface area contributed by atoms with Crippen molar-refractivity contribution in [1.82, 2.24) is 9.97 Å². The summed E-state index contributed by atoms with van der Waals surface area (Å²) in [4.78, 5) is 11.9.